The summed E-state index contributed by atoms with van der Waals surface area (Å²) in [5.41, 5.74) is 19.3. The normalized spacial score (nSPS) is 12.8. The summed E-state index contributed by atoms with van der Waals surface area (Å²) < 4.78 is 0. The molecule has 2 aromatic heterocycles. The van der Waals surface area contributed by atoms with Crippen molar-refractivity contribution in [1.29, 1.82) is 0 Å². The quantitative estimate of drug-likeness (QED) is 0.189. The van der Waals surface area contributed by atoms with Gasteiger partial charge in [0.1, 0.15) is 0 Å². The number of anilines is 1. The largest absolute Gasteiger partial charge is 0.399 e. The van der Waals surface area contributed by atoms with E-state index in [0.29, 0.717) is 17.5 Å². The third-order valence-corrected chi connectivity index (χ3v) is 9.94. The number of fused-ring (bicyclic) bond motifs is 4. The fourth-order valence-electron chi connectivity index (χ4n) is 7.20. The number of hydrogen-bond donors (Lipinski definition) is 1. The van der Waals surface area contributed by atoms with Gasteiger partial charge in [-0.2, -0.15) is 0 Å². The van der Waals surface area contributed by atoms with E-state index in [2.05, 4.69) is 116 Å². The zero-order chi connectivity index (χ0) is 33.8. The summed E-state index contributed by atoms with van der Waals surface area (Å²) in [4.78, 5) is 19.3. The lowest BCUT2D eigenvalue weighted by Crippen LogP contribution is -2.15. The molecule has 5 nitrogen and oxygen atoms in total. The van der Waals surface area contributed by atoms with Crippen molar-refractivity contribution < 1.29 is 0 Å². The Morgan fingerprint density at radius 2 is 1.00 bits per heavy atom. The van der Waals surface area contributed by atoms with E-state index in [1.807, 2.05) is 54.9 Å². The fourth-order valence-corrected chi connectivity index (χ4v) is 7.20. The number of aromatic nitrogens is 4. The first-order valence-electron chi connectivity index (χ1n) is 16.8. The van der Waals surface area contributed by atoms with Crippen LogP contribution in [0.15, 0.2) is 152 Å². The Morgan fingerprint density at radius 3 is 1.78 bits per heavy atom. The highest BCUT2D eigenvalue weighted by molar-refractivity contribution is 5.87. The molecule has 2 N–H and O–H groups in total. The standard InChI is InChI=1S/C45H33N5/c1-45(2)40-25-34(17-19-38(40)39-20-18-37(46)26-41(39)45)32-9-6-10-35(23-32)44-49-42(30-7-4-3-5-8-30)48-43(50-44)31-14-11-28(12-15-31)33-16-13-29-21-22-47-27-36(29)24-33/h3-27H,46H2,1-2H3. The number of benzene rings is 6. The van der Waals surface area contributed by atoms with Crippen molar-refractivity contribution >= 4 is 16.5 Å². The Hall–Kier alpha value is -6.46. The van der Waals surface area contributed by atoms with Crippen LogP contribution in [0.2, 0.25) is 0 Å². The van der Waals surface area contributed by atoms with Crippen molar-refractivity contribution in [2.45, 2.75) is 19.3 Å². The maximum atomic E-state index is 6.20. The lowest BCUT2D eigenvalue weighted by Gasteiger charge is -2.22. The van der Waals surface area contributed by atoms with E-state index in [4.69, 9.17) is 20.7 Å². The van der Waals surface area contributed by atoms with Crippen LogP contribution in [-0.4, -0.2) is 19.9 Å². The van der Waals surface area contributed by atoms with Gasteiger partial charge in [-0.1, -0.05) is 117 Å². The molecule has 0 saturated carbocycles. The van der Waals surface area contributed by atoms with Gasteiger partial charge in [-0.15, -0.1) is 0 Å². The Bertz CT molecular complexity index is 2570. The van der Waals surface area contributed by atoms with Crippen LogP contribution in [0.3, 0.4) is 0 Å². The van der Waals surface area contributed by atoms with Crippen molar-refractivity contribution in [1.82, 2.24) is 19.9 Å². The Labute approximate surface area is 291 Å². The first kappa shape index (κ1) is 29.7. The van der Waals surface area contributed by atoms with Crippen LogP contribution in [-0.2, 0) is 5.41 Å². The minimum atomic E-state index is -0.150. The van der Waals surface area contributed by atoms with Crippen molar-refractivity contribution in [2.75, 3.05) is 5.73 Å². The summed E-state index contributed by atoms with van der Waals surface area (Å²) in [5.74, 6) is 1.90. The van der Waals surface area contributed by atoms with Gasteiger partial charge in [0.05, 0.1) is 0 Å². The average Bonchev–Trinajstić information content (AvgIpc) is 3.39. The highest BCUT2D eigenvalue weighted by atomic mass is 15.0. The minimum absolute atomic E-state index is 0.150. The van der Waals surface area contributed by atoms with Gasteiger partial charge in [-0.05, 0) is 86.3 Å². The predicted molar refractivity (Wildman–Crippen MR) is 204 cm³/mol. The van der Waals surface area contributed by atoms with Gasteiger partial charge in [-0.3, -0.25) is 4.98 Å². The molecular weight excluding hydrogens is 611 g/mol. The van der Waals surface area contributed by atoms with Gasteiger partial charge in [0, 0.05) is 45.6 Å². The van der Waals surface area contributed by atoms with Gasteiger partial charge < -0.3 is 5.73 Å². The minimum Gasteiger partial charge on any atom is -0.399 e. The topological polar surface area (TPSA) is 77.6 Å². The molecule has 0 aliphatic heterocycles. The molecule has 0 bridgehead atoms. The van der Waals surface area contributed by atoms with E-state index >= 15 is 0 Å². The van der Waals surface area contributed by atoms with Crippen LogP contribution in [0.25, 0.3) is 78.3 Å². The second kappa shape index (κ2) is 11.6. The molecular formula is C45H33N5. The second-order valence-corrected chi connectivity index (χ2v) is 13.5. The molecule has 6 aromatic carbocycles. The molecule has 0 saturated heterocycles. The van der Waals surface area contributed by atoms with Crippen molar-refractivity contribution in [3.8, 4) is 67.5 Å². The van der Waals surface area contributed by atoms with Crippen LogP contribution in [0, 0.1) is 0 Å². The predicted octanol–water partition coefficient (Wildman–Crippen LogP) is 10.6. The van der Waals surface area contributed by atoms with E-state index in [9.17, 15) is 0 Å². The molecule has 0 fully saturated rings. The summed E-state index contributed by atoms with van der Waals surface area (Å²) in [5, 5.41) is 2.29. The maximum Gasteiger partial charge on any atom is 0.164 e. The third-order valence-electron chi connectivity index (χ3n) is 9.94. The van der Waals surface area contributed by atoms with Gasteiger partial charge in [-0.25, -0.2) is 15.0 Å². The summed E-state index contributed by atoms with van der Waals surface area (Å²) in [7, 11) is 0. The Morgan fingerprint density at radius 1 is 0.440 bits per heavy atom. The first-order chi connectivity index (χ1) is 24.4. The maximum absolute atomic E-state index is 6.20. The lowest BCUT2D eigenvalue weighted by atomic mass is 9.81. The number of nitrogens with zero attached hydrogens (tertiary/aromatic N) is 4. The van der Waals surface area contributed by atoms with Gasteiger partial charge in [0.25, 0.3) is 0 Å². The van der Waals surface area contributed by atoms with Crippen molar-refractivity contribution in [2.24, 2.45) is 0 Å². The van der Waals surface area contributed by atoms with Gasteiger partial charge in [0.15, 0.2) is 17.5 Å². The van der Waals surface area contributed by atoms with E-state index in [-0.39, 0.29) is 5.41 Å². The van der Waals surface area contributed by atoms with Crippen molar-refractivity contribution in [3.05, 3.63) is 163 Å². The first-order valence-corrected chi connectivity index (χ1v) is 16.8. The summed E-state index contributed by atoms with van der Waals surface area (Å²) >= 11 is 0. The monoisotopic (exact) mass is 643 g/mol. The fraction of sp³-hybridized carbons (Fsp3) is 0.0667. The van der Waals surface area contributed by atoms with E-state index in [0.717, 1.165) is 50.0 Å². The van der Waals surface area contributed by atoms with E-state index in [1.165, 1.54) is 27.6 Å². The third kappa shape index (κ3) is 5.11. The molecule has 1 aliphatic carbocycles. The summed E-state index contributed by atoms with van der Waals surface area (Å²) in [6.45, 7) is 4.56. The van der Waals surface area contributed by atoms with Gasteiger partial charge in [0.2, 0.25) is 0 Å². The van der Waals surface area contributed by atoms with Crippen LogP contribution in [0.4, 0.5) is 5.69 Å². The van der Waals surface area contributed by atoms with Crippen LogP contribution in [0.5, 0.6) is 0 Å². The number of rotatable bonds is 5. The molecule has 50 heavy (non-hydrogen) atoms. The molecule has 9 rings (SSSR count). The highest BCUT2D eigenvalue weighted by Gasteiger charge is 2.35. The summed E-state index contributed by atoms with van der Waals surface area (Å²) in [6.07, 6.45) is 3.73. The Kier molecular flexibility index (Phi) is 6.88. The van der Waals surface area contributed by atoms with Crippen molar-refractivity contribution in [3.63, 3.8) is 0 Å². The Balaban J connectivity index is 1.10. The zero-order valence-corrected chi connectivity index (χ0v) is 27.8. The molecule has 0 spiro atoms. The second-order valence-electron chi connectivity index (χ2n) is 13.5. The highest BCUT2D eigenvalue weighted by Crippen LogP contribution is 2.50. The molecule has 238 valence electrons. The smallest absolute Gasteiger partial charge is 0.164 e. The van der Waals surface area contributed by atoms with Crippen LogP contribution < -0.4 is 5.73 Å². The lowest BCUT2D eigenvalue weighted by molar-refractivity contribution is 0.661. The molecule has 8 aromatic rings. The SMILES string of the molecule is CC1(C)c2cc(N)ccc2-c2ccc(-c3cccc(-c4nc(-c5ccccc5)nc(-c5ccc(-c6ccc7ccncc7c6)cc5)n4)c3)cc21. The van der Waals surface area contributed by atoms with Crippen LogP contribution in [0.1, 0.15) is 25.0 Å². The number of pyridine rings is 1. The molecule has 0 radical (unpaired) electrons. The average molecular weight is 644 g/mol. The molecule has 0 amide bonds. The zero-order valence-electron chi connectivity index (χ0n) is 27.8. The molecule has 2 heterocycles. The van der Waals surface area contributed by atoms with E-state index < -0.39 is 0 Å². The van der Waals surface area contributed by atoms with Gasteiger partial charge >= 0.3 is 0 Å². The van der Waals surface area contributed by atoms with Crippen LogP contribution >= 0.6 is 0 Å². The summed E-state index contributed by atoms with van der Waals surface area (Å²) in [6, 6.07) is 48.5. The van der Waals surface area contributed by atoms with E-state index in [1.54, 1.807) is 0 Å². The molecule has 0 unspecified atom stereocenters. The number of nitrogen functional groups attached to an aromatic ring is 1. The number of hydrogen-bond acceptors (Lipinski definition) is 5. The molecule has 1 aliphatic rings. The molecule has 0 atom stereocenters. The number of nitrogens with two attached hydrogens (primary N) is 1. The molecule has 5 heteroatoms.